The van der Waals surface area contributed by atoms with Gasteiger partial charge in [-0.25, -0.2) is 4.79 Å². The van der Waals surface area contributed by atoms with Crippen molar-refractivity contribution in [3.63, 3.8) is 0 Å². The maximum Gasteiger partial charge on any atom is 0.325 e. The highest BCUT2D eigenvalue weighted by Crippen LogP contribution is 2.21. The fourth-order valence-corrected chi connectivity index (χ4v) is 2.17. The van der Waals surface area contributed by atoms with Gasteiger partial charge in [0.25, 0.3) is 0 Å². The van der Waals surface area contributed by atoms with E-state index in [2.05, 4.69) is 12.2 Å². The fraction of sp³-hybridized carbons (Fsp3) is 0.833. The van der Waals surface area contributed by atoms with Gasteiger partial charge in [0.05, 0.1) is 6.61 Å². The number of hydrogen-bond donors (Lipinski definition) is 1. The van der Waals surface area contributed by atoms with Crippen LogP contribution in [0.25, 0.3) is 0 Å². The fourth-order valence-electron chi connectivity index (χ4n) is 2.17. The number of likely N-dealkylation sites (tertiary alicyclic amines) is 1. The summed E-state index contributed by atoms with van der Waals surface area (Å²) in [6.07, 6.45) is 2.05. The molecule has 0 aliphatic carbocycles. The number of ether oxygens (including phenoxy) is 1. The van der Waals surface area contributed by atoms with E-state index < -0.39 is 0 Å². The highest BCUT2D eigenvalue weighted by molar-refractivity contribution is 5.81. The van der Waals surface area contributed by atoms with E-state index in [1.54, 1.807) is 11.8 Å². The molecule has 98 valence electrons. The van der Waals surface area contributed by atoms with E-state index in [9.17, 15) is 9.59 Å². The molecule has 1 aliphatic heterocycles. The summed E-state index contributed by atoms with van der Waals surface area (Å²) < 4.78 is 4.75. The Kier molecular flexibility index (Phi) is 5.25. The molecule has 1 saturated heterocycles. The number of nitrogens with one attached hydrogen (secondary N) is 1. The first-order valence-electron chi connectivity index (χ1n) is 6.24. The maximum absolute atomic E-state index is 11.8. The topological polar surface area (TPSA) is 58.6 Å². The van der Waals surface area contributed by atoms with Crippen LogP contribution in [0.4, 0.5) is 4.79 Å². The van der Waals surface area contributed by atoms with Crippen molar-refractivity contribution in [2.24, 2.45) is 5.92 Å². The summed E-state index contributed by atoms with van der Waals surface area (Å²) in [5.74, 6) is 0.276. The molecule has 1 rings (SSSR count). The van der Waals surface area contributed by atoms with Crippen molar-refractivity contribution < 1.29 is 14.3 Å². The van der Waals surface area contributed by atoms with Gasteiger partial charge in [0.15, 0.2) is 0 Å². The zero-order chi connectivity index (χ0) is 12.8. The first-order chi connectivity index (χ1) is 8.04. The molecule has 0 saturated carbocycles. The summed E-state index contributed by atoms with van der Waals surface area (Å²) in [5.41, 5.74) is 0. The lowest BCUT2D eigenvalue weighted by Crippen LogP contribution is -2.50. The molecule has 0 spiro atoms. The molecule has 1 N–H and O–H groups in total. The third-order valence-electron chi connectivity index (χ3n) is 3.09. The van der Waals surface area contributed by atoms with Crippen LogP contribution in [0.3, 0.4) is 0 Å². The molecule has 2 atom stereocenters. The van der Waals surface area contributed by atoms with Crippen molar-refractivity contribution >= 4 is 12.0 Å². The van der Waals surface area contributed by atoms with Crippen molar-refractivity contribution in [1.82, 2.24) is 10.2 Å². The zero-order valence-electron chi connectivity index (χ0n) is 10.9. The first-order valence-corrected chi connectivity index (χ1v) is 6.24. The number of piperidine rings is 1. The van der Waals surface area contributed by atoms with Gasteiger partial charge < -0.3 is 15.0 Å². The maximum atomic E-state index is 11.8. The van der Waals surface area contributed by atoms with E-state index in [1.165, 1.54) is 0 Å². The predicted molar refractivity (Wildman–Crippen MR) is 64.6 cm³/mol. The Balaban J connectivity index is 2.34. The van der Waals surface area contributed by atoms with Gasteiger partial charge >= 0.3 is 12.0 Å². The van der Waals surface area contributed by atoms with Crippen LogP contribution in [-0.2, 0) is 9.53 Å². The lowest BCUT2D eigenvalue weighted by molar-refractivity contribution is -0.141. The molecule has 2 unspecified atom stereocenters. The van der Waals surface area contributed by atoms with Gasteiger partial charge in [-0.1, -0.05) is 6.92 Å². The van der Waals surface area contributed by atoms with Crippen LogP contribution >= 0.6 is 0 Å². The minimum Gasteiger partial charge on any atom is -0.465 e. The second-order valence-corrected chi connectivity index (χ2v) is 4.64. The Labute approximate surface area is 102 Å². The van der Waals surface area contributed by atoms with Crippen LogP contribution in [-0.4, -0.2) is 42.6 Å². The second kappa shape index (κ2) is 6.47. The van der Waals surface area contributed by atoms with Crippen LogP contribution in [0.15, 0.2) is 0 Å². The number of urea groups is 1. The molecule has 0 radical (unpaired) electrons. The van der Waals surface area contributed by atoms with Crippen molar-refractivity contribution in [2.45, 2.75) is 39.7 Å². The normalized spacial score (nSPS) is 24.3. The van der Waals surface area contributed by atoms with E-state index in [0.29, 0.717) is 12.5 Å². The van der Waals surface area contributed by atoms with Crippen LogP contribution in [0, 0.1) is 5.92 Å². The number of hydrogen-bond acceptors (Lipinski definition) is 3. The molecule has 2 amide bonds. The van der Waals surface area contributed by atoms with Gasteiger partial charge in [0.2, 0.25) is 0 Å². The van der Waals surface area contributed by atoms with Gasteiger partial charge in [0, 0.05) is 12.6 Å². The molecule has 5 nitrogen and oxygen atoms in total. The number of esters is 1. The van der Waals surface area contributed by atoms with Crippen molar-refractivity contribution in [1.29, 1.82) is 0 Å². The highest BCUT2D eigenvalue weighted by atomic mass is 16.5. The van der Waals surface area contributed by atoms with Crippen LogP contribution < -0.4 is 5.32 Å². The minimum atomic E-state index is -0.390. The number of nitrogens with zero attached hydrogens (tertiary/aromatic N) is 1. The summed E-state index contributed by atoms with van der Waals surface area (Å²) in [4.78, 5) is 24.7. The standard InChI is InChI=1S/C12H22N2O3/c1-4-17-11(15)8-13-12(16)14-6-5-9(2)7-10(14)3/h9-10H,4-8H2,1-3H3,(H,13,16). The average molecular weight is 242 g/mol. The summed E-state index contributed by atoms with van der Waals surface area (Å²) >= 11 is 0. The Hall–Kier alpha value is -1.26. The van der Waals surface area contributed by atoms with E-state index in [1.807, 2.05) is 6.92 Å². The Morgan fingerprint density at radius 1 is 1.41 bits per heavy atom. The van der Waals surface area contributed by atoms with E-state index >= 15 is 0 Å². The Bertz CT molecular complexity index is 281. The third-order valence-corrected chi connectivity index (χ3v) is 3.09. The smallest absolute Gasteiger partial charge is 0.325 e. The van der Waals surface area contributed by atoms with Gasteiger partial charge in [-0.05, 0) is 32.6 Å². The first kappa shape index (κ1) is 13.8. The second-order valence-electron chi connectivity index (χ2n) is 4.64. The van der Waals surface area contributed by atoms with Gasteiger partial charge in [-0.15, -0.1) is 0 Å². The third kappa shape index (κ3) is 4.24. The lowest BCUT2D eigenvalue weighted by atomic mass is 9.94. The molecule has 0 bridgehead atoms. The largest absolute Gasteiger partial charge is 0.465 e. The van der Waals surface area contributed by atoms with E-state index in [-0.39, 0.29) is 24.6 Å². The molecular weight excluding hydrogens is 220 g/mol. The SMILES string of the molecule is CCOC(=O)CNC(=O)N1CCC(C)CC1C. The molecule has 17 heavy (non-hydrogen) atoms. The molecule has 0 aromatic heterocycles. The Morgan fingerprint density at radius 2 is 2.12 bits per heavy atom. The quantitative estimate of drug-likeness (QED) is 0.761. The van der Waals surface area contributed by atoms with Gasteiger partial charge in [-0.2, -0.15) is 0 Å². The van der Waals surface area contributed by atoms with E-state index in [4.69, 9.17) is 4.74 Å². The molecule has 1 heterocycles. The summed E-state index contributed by atoms with van der Waals surface area (Å²) in [7, 11) is 0. The van der Waals surface area contributed by atoms with Crippen LogP contribution in [0.2, 0.25) is 0 Å². The molecular formula is C12H22N2O3. The van der Waals surface area contributed by atoms with Crippen LogP contribution in [0.5, 0.6) is 0 Å². The van der Waals surface area contributed by atoms with Crippen LogP contribution in [0.1, 0.15) is 33.6 Å². The molecule has 0 aromatic carbocycles. The van der Waals surface area contributed by atoms with Crippen molar-refractivity contribution in [2.75, 3.05) is 19.7 Å². The summed E-state index contributed by atoms with van der Waals surface area (Å²) in [6.45, 7) is 7.03. The Morgan fingerprint density at radius 3 is 2.71 bits per heavy atom. The van der Waals surface area contributed by atoms with Crippen molar-refractivity contribution in [3.8, 4) is 0 Å². The van der Waals surface area contributed by atoms with Gasteiger partial charge in [-0.3, -0.25) is 4.79 Å². The molecule has 5 heteroatoms. The average Bonchev–Trinajstić information content (AvgIpc) is 2.26. The minimum absolute atomic E-state index is 0.0502. The van der Waals surface area contributed by atoms with E-state index in [0.717, 1.165) is 19.4 Å². The van der Waals surface area contributed by atoms with Crippen molar-refractivity contribution in [3.05, 3.63) is 0 Å². The number of rotatable bonds is 3. The zero-order valence-corrected chi connectivity index (χ0v) is 10.9. The highest BCUT2D eigenvalue weighted by Gasteiger charge is 2.26. The molecule has 0 aromatic rings. The summed E-state index contributed by atoms with van der Waals surface area (Å²) in [5, 5.41) is 2.59. The summed E-state index contributed by atoms with van der Waals surface area (Å²) in [6, 6.07) is 0.0680. The number of amides is 2. The van der Waals surface area contributed by atoms with Gasteiger partial charge in [0.1, 0.15) is 6.54 Å². The number of carbonyl (C=O) groups is 2. The molecule has 1 aliphatic rings. The molecule has 1 fully saturated rings. The number of carbonyl (C=O) groups excluding carboxylic acids is 2. The monoisotopic (exact) mass is 242 g/mol. The lowest BCUT2D eigenvalue weighted by Gasteiger charge is -2.36. The predicted octanol–water partition coefficient (Wildman–Crippen LogP) is 1.38.